The lowest BCUT2D eigenvalue weighted by atomic mass is 10.1. The molecule has 1 aromatic heterocycles. The first-order chi connectivity index (χ1) is 6.68. The van der Waals surface area contributed by atoms with Crippen LogP contribution in [0.4, 0.5) is 5.82 Å². The summed E-state index contributed by atoms with van der Waals surface area (Å²) in [5, 5.41) is 2.46. The normalized spacial score (nSPS) is 10.5. The molecular formula is C12H14N2. The summed E-state index contributed by atoms with van der Waals surface area (Å²) in [4.78, 5) is 6.58. The Morgan fingerprint density at radius 2 is 1.86 bits per heavy atom. The van der Waals surface area contributed by atoms with Crippen LogP contribution in [0.3, 0.4) is 0 Å². The van der Waals surface area contributed by atoms with Gasteiger partial charge in [0.05, 0.1) is 0 Å². The third-order valence-electron chi connectivity index (χ3n) is 2.27. The smallest absolute Gasteiger partial charge is 0.136 e. The molecular weight excluding hydrogens is 172 g/mol. The van der Waals surface area contributed by atoms with Gasteiger partial charge in [-0.2, -0.15) is 0 Å². The Bertz CT molecular complexity index is 461. The third-order valence-corrected chi connectivity index (χ3v) is 2.27. The van der Waals surface area contributed by atoms with E-state index in [9.17, 15) is 0 Å². The number of fused-ring (bicyclic) bond motifs is 1. The maximum atomic E-state index is 4.53. The van der Waals surface area contributed by atoms with Crippen LogP contribution < -0.4 is 4.90 Å². The van der Waals surface area contributed by atoms with Gasteiger partial charge in [-0.15, -0.1) is 0 Å². The molecule has 1 heterocycles. The van der Waals surface area contributed by atoms with Crippen molar-refractivity contribution in [3.63, 3.8) is 0 Å². The van der Waals surface area contributed by atoms with Crippen LogP contribution in [0.15, 0.2) is 30.3 Å². The fourth-order valence-corrected chi connectivity index (χ4v) is 1.65. The lowest BCUT2D eigenvalue weighted by Gasteiger charge is -2.14. The number of benzene rings is 1. The van der Waals surface area contributed by atoms with Crippen molar-refractivity contribution in [3.8, 4) is 0 Å². The molecule has 0 saturated carbocycles. The van der Waals surface area contributed by atoms with Gasteiger partial charge in [-0.05, 0) is 18.4 Å². The van der Waals surface area contributed by atoms with Crippen molar-refractivity contribution in [1.29, 1.82) is 0 Å². The molecule has 0 unspecified atom stereocenters. The van der Waals surface area contributed by atoms with Crippen LogP contribution in [0.5, 0.6) is 0 Å². The van der Waals surface area contributed by atoms with Crippen molar-refractivity contribution in [2.24, 2.45) is 0 Å². The van der Waals surface area contributed by atoms with Crippen LogP contribution in [0.25, 0.3) is 10.8 Å². The lowest BCUT2D eigenvalue weighted by Crippen LogP contribution is -2.11. The second kappa shape index (κ2) is 3.29. The van der Waals surface area contributed by atoms with Crippen LogP contribution in [0.1, 0.15) is 5.69 Å². The van der Waals surface area contributed by atoms with Crippen LogP contribution in [0.2, 0.25) is 0 Å². The van der Waals surface area contributed by atoms with E-state index >= 15 is 0 Å². The molecule has 0 bridgehead atoms. The summed E-state index contributed by atoms with van der Waals surface area (Å²) in [6.07, 6.45) is 0. The first-order valence-electron chi connectivity index (χ1n) is 4.72. The number of hydrogen-bond donors (Lipinski definition) is 0. The molecule has 0 aliphatic carbocycles. The van der Waals surface area contributed by atoms with Gasteiger partial charge >= 0.3 is 0 Å². The van der Waals surface area contributed by atoms with Gasteiger partial charge in [-0.3, -0.25) is 0 Å². The number of nitrogens with zero attached hydrogens (tertiary/aromatic N) is 2. The molecule has 0 radical (unpaired) electrons. The van der Waals surface area contributed by atoms with E-state index < -0.39 is 0 Å². The largest absolute Gasteiger partial charge is 0.362 e. The minimum Gasteiger partial charge on any atom is -0.362 e. The Labute approximate surface area is 84.2 Å². The standard InChI is InChI=1S/C12H14N2/c1-9-8-10-6-4-5-7-11(10)12(13-9)14(2)3/h4-8H,1-3H3. The monoisotopic (exact) mass is 186 g/mol. The van der Waals surface area contributed by atoms with Crippen molar-refractivity contribution in [2.75, 3.05) is 19.0 Å². The quantitative estimate of drug-likeness (QED) is 0.680. The Balaban J connectivity index is 2.80. The molecule has 0 N–H and O–H groups in total. The first kappa shape index (κ1) is 9.00. The van der Waals surface area contributed by atoms with E-state index in [0.29, 0.717) is 0 Å². The van der Waals surface area contributed by atoms with Gasteiger partial charge in [0.2, 0.25) is 0 Å². The van der Waals surface area contributed by atoms with E-state index in [-0.39, 0.29) is 0 Å². The third kappa shape index (κ3) is 1.43. The van der Waals surface area contributed by atoms with Crippen molar-refractivity contribution in [1.82, 2.24) is 4.98 Å². The zero-order chi connectivity index (χ0) is 10.1. The van der Waals surface area contributed by atoms with E-state index in [1.165, 1.54) is 10.8 Å². The molecule has 1 aromatic carbocycles. The van der Waals surface area contributed by atoms with Gasteiger partial charge in [0, 0.05) is 25.2 Å². The SMILES string of the molecule is Cc1cc2ccccc2c(N(C)C)n1. The molecule has 0 aliphatic heterocycles. The Kier molecular flexibility index (Phi) is 2.12. The van der Waals surface area contributed by atoms with Gasteiger partial charge in [-0.1, -0.05) is 24.3 Å². The molecule has 2 aromatic rings. The van der Waals surface area contributed by atoms with E-state index in [1.54, 1.807) is 0 Å². The van der Waals surface area contributed by atoms with Crippen molar-refractivity contribution in [2.45, 2.75) is 6.92 Å². The van der Waals surface area contributed by atoms with Gasteiger partial charge < -0.3 is 4.90 Å². The highest BCUT2D eigenvalue weighted by atomic mass is 15.1. The number of rotatable bonds is 1. The van der Waals surface area contributed by atoms with Crippen molar-refractivity contribution >= 4 is 16.6 Å². The molecule has 0 aliphatic rings. The molecule has 14 heavy (non-hydrogen) atoms. The number of aryl methyl sites for hydroxylation is 1. The van der Waals surface area contributed by atoms with Gasteiger partial charge in [0.25, 0.3) is 0 Å². The average Bonchev–Trinajstić information content (AvgIpc) is 2.16. The summed E-state index contributed by atoms with van der Waals surface area (Å²) in [7, 11) is 4.04. The van der Waals surface area contributed by atoms with Crippen molar-refractivity contribution in [3.05, 3.63) is 36.0 Å². The molecule has 0 fully saturated rings. The second-order valence-corrected chi connectivity index (χ2v) is 3.70. The summed E-state index contributed by atoms with van der Waals surface area (Å²) in [6.45, 7) is 2.03. The van der Waals surface area contributed by atoms with E-state index in [1.807, 2.05) is 27.1 Å². The Morgan fingerprint density at radius 1 is 1.14 bits per heavy atom. The van der Waals surface area contributed by atoms with E-state index in [0.717, 1.165) is 11.5 Å². The van der Waals surface area contributed by atoms with Gasteiger partial charge in [-0.25, -0.2) is 4.98 Å². The van der Waals surface area contributed by atoms with E-state index in [4.69, 9.17) is 0 Å². The summed E-state index contributed by atoms with van der Waals surface area (Å²) in [5.74, 6) is 1.04. The lowest BCUT2D eigenvalue weighted by molar-refractivity contribution is 1.06. The summed E-state index contributed by atoms with van der Waals surface area (Å²) >= 11 is 0. The molecule has 2 nitrogen and oxygen atoms in total. The molecule has 0 amide bonds. The fraction of sp³-hybridized carbons (Fsp3) is 0.250. The minimum atomic E-state index is 1.04. The fourth-order valence-electron chi connectivity index (χ4n) is 1.65. The Hall–Kier alpha value is -1.57. The maximum absolute atomic E-state index is 4.53. The molecule has 2 rings (SSSR count). The molecule has 0 atom stereocenters. The molecule has 2 heteroatoms. The summed E-state index contributed by atoms with van der Waals surface area (Å²) in [5.41, 5.74) is 1.06. The first-order valence-corrected chi connectivity index (χ1v) is 4.72. The predicted molar refractivity (Wildman–Crippen MR) is 60.8 cm³/mol. The number of hydrogen-bond acceptors (Lipinski definition) is 2. The summed E-state index contributed by atoms with van der Waals surface area (Å²) < 4.78 is 0. The van der Waals surface area contributed by atoms with Crippen molar-refractivity contribution < 1.29 is 0 Å². The number of aromatic nitrogens is 1. The van der Waals surface area contributed by atoms with Crippen LogP contribution in [-0.4, -0.2) is 19.1 Å². The number of pyridine rings is 1. The molecule has 0 saturated heterocycles. The number of anilines is 1. The highest BCUT2D eigenvalue weighted by molar-refractivity contribution is 5.92. The molecule has 0 spiro atoms. The summed E-state index contributed by atoms with van der Waals surface area (Å²) in [6, 6.07) is 10.4. The van der Waals surface area contributed by atoms with Gasteiger partial charge in [0.1, 0.15) is 5.82 Å². The zero-order valence-corrected chi connectivity index (χ0v) is 8.78. The van der Waals surface area contributed by atoms with E-state index in [2.05, 4.69) is 34.1 Å². The highest BCUT2D eigenvalue weighted by Gasteiger charge is 2.04. The topological polar surface area (TPSA) is 16.1 Å². The van der Waals surface area contributed by atoms with Crippen LogP contribution in [0, 0.1) is 6.92 Å². The minimum absolute atomic E-state index is 1.04. The van der Waals surface area contributed by atoms with Crippen LogP contribution >= 0.6 is 0 Å². The molecule has 72 valence electrons. The zero-order valence-electron chi connectivity index (χ0n) is 8.78. The average molecular weight is 186 g/mol. The maximum Gasteiger partial charge on any atom is 0.136 e. The highest BCUT2D eigenvalue weighted by Crippen LogP contribution is 2.23. The predicted octanol–water partition coefficient (Wildman–Crippen LogP) is 2.61. The Morgan fingerprint density at radius 3 is 2.57 bits per heavy atom. The van der Waals surface area contributed by atoms with Crippen LogP contribution in [-0.2, 0) is 0 Å². The second-order valence-electron chi connectivity index (χ2n) is 3.70. The van der Waals surface area contributed by atoms with Gasteiger partial charge in [0.15, 0.2) is 0 Å².